The number of nitrogens with zero attached hydrogens (tertiary/aromatic N) is 1. The van der Waals surface area contributed by atoms with Gasteiger partial charge in [0.15, 0.2) is 11.2 Å². The molecule has 0 saturated carbocycles. The Morgan fingerprint density at radius 2 is 1.90 bits per heavy atom. The predicted molar refractivity (Wildman–Crippen MR) is 83.3 cm³/mol. The Bertz CT molecular complexity index is 608. The number of carbonyl (C=O) groups is 1. The first-order chi connectivity index (χ1) is 9.95. The maximum atomic E-state index is 11.7. The lowest BCUT2D eigenvalue weighted by Crippen LogP contribution is -2.28. The van der Waals surface area contributed by atoms with Gasteiger partial charge in [0.05, 0.1) is 11.8 Å². The maximum absolute atomic E-state index is 11.7. The monoisotopic (exact) mass is 306 g/mol. The molecule has 1 unspecified atom stereocenters. The Hall–Kier alpha value is -2.08. The number of esters is 1. The summed E-state index contributed by atoms with van der Waals surface area (Å²) in [7, 11) is 0. The second kappa shape index (κ2) is 6.58. The van der Waals surface area contributed by atoms with Crippen LogP contribution in [0.4, 0.5) is 5.13 Å². The van der Waals surface area contributed by atoms with E-state index >= 15 is 0 Å². The minimum Gasteiger partial charge on any atom is -0.479 e. The summed E-state index contributed by atoms with van der Waals surface area (Å²) in [6.45, 7) is 5.28. The normalized spacial score (nSPS) is 12.2. The van der Waals surface area contributed by atoms with Crippen molar-refractivity contribution < 1.29 is 14.3 Å². The molecule has 0 aliphatic heterocycles. The lowest BCUT2D eigenvalue weighted by Gasteiger charge is -2.15. The first-order valence-corrected chi connectivity index (χ1v) is 7.52. The fourth-order valence-electron chi connectivity index (χ4n) is 1.70. The van der Waals surface area contributed by atoms with Crippen LogP contribution < -0.4 is 10.5 Å². The molecule has 2 rings (SSSR count). The summed E-state index contributed by atoms with van der Waals surface area (Å²) in [5.74, 6) is 0.233. The van der Waals surface area contributed by atoms with Gasteiger partial charge < -0.3 is 15.2 Å². The van der Waals surface area contributed by atoms with Gasteiger partial charge in [0, 0.05) is 10.9 Å². The van der Waals surface area contributed by atoms with Crippen molar-refractivity contribution in [2.45, 2.75) is 33.0 Å². The Morgan fingerprint density at radius 1 is 1.24 bits per heavy atom. The average molecular weight is 306 g/mol. The highest BCUT2D eigenvalue weighted by molar-refractivity contribution is 7.13. The first-order valence-electron chi connectivity index (χ1n) is 6.64. The van der Waals surface area contributed by atoms with E-state index in [0.29, 0.717) is 10.9 Å². The van der Waals surface area contributed by atoms with E-state index in [0.717, 1.165) is 11.3 Å². The summed E-state index contributed by atoms with van der Waals surface area (Å²) in [6, 6.07) is 7.35. The van der Waals surface area contributed by atoms with Gasteiger partial charge in [0.25, 0.3) is 0 Å². The minimum atomic E-state index is -0.645. The molecule has 0 radical (unpaired) electrons. The number of nitrogens with two attached hydrogens (primary N) is 1. The molecular weight excluding hydrogens is 288 g/mol. The van der Waals surface area contributed by atoms with Crippen molar-refractivity contribution in [2.75, 3.05) is 5.73 Å². The molecule has 0 saturated heterocycles. The molecular formula is C15H18N2O3S. The van der Waals surface area contributed by atoms with Crippen molar-refractivity contribution in [2.24, 2.45) is 0 Å². The SMILES string of the molecule is CC(C)OC(=O)C(C)Oc1ccc(-c2csc(N)n2)cc1. The fourth-order valence-corrected chi connectivity index (χ4v) is 2.28. The van der Waals surface area contributed by atoms with Crippen LogP contribution in [-0.2, 0) is 9.53 Å². The number of thiazole rings is 1. The highest BCUT2D eigenvalue weighted by Crippen LogP contribution is 2.25. The van der Waals surface area contributed by atoms with Crippen LogP contribution in [0.25, 0.3) is 11.3 Å². The Labute approximate surface area is 127 Å². The summed E-state index contributed by atoms with van der Waals surface area (Å²) in [6.07, 6.45) is -0.797. The summed E-state index contributed by atoms with van der Waals surface area (Å²) in [4.78, 5) is 15.9. The van der Waals surface area contributed by atoms with Crippen LogP contribution in [0.5, 0.6) is 5.75 Å². The zero-order valence-electron chi connectivity index (χ0n) is 12.2. The van der Waals surface area contributed by atoms with Crippen molar-refractivity contribution in [1.82, 2.24) is 4.98 Å². The van der Waals surface area contributed by atoms with Crippen molar-refractivity contribution in [1.29, 1.82) is 0 Å². The molecule has 0 amide bonds. The topological polar surface area (TPSA) is 74.4 Å². The van der Waals surface area contributed by atoms with Gasteiger partial charge in [0.1, 0.15) is 5.75 Å². The van der Waals surface area contributed by atoms with E-state index in [9.17, 15) is 4.79 Å². The smallest absolute Gasteiger partial charge is 0.347 e. The van der Waals surface area contributed by atoms with Crippen LogP contribution >= 0.6 is 11.3 Å². The summed E-state index contributed by atoms with van der Waals surface area (Å²) < 4.78 is 10.6. The molecule has 0 bridgehead atoms. The number of carbonyl (C=O) groups excluding carboxylic acids is 1. The Balaban J connectivity index is 2.01. The van der Waals surface area contributed by atoms with E-state index in [1.54, 1.807) is 32.9 Å². The third kappa shape index (κ3) is 4.19. The van der Waals surface area contributed by atoms with Crippen molar-refractivity contribution in [3.05, 3.63) is 29.6 Å². The van der Waals surface area contributed by atoms with Crippen LogP contribution in [0.1, 0.15) is 20.8 Å². The van der Waals surface area contributed by atoms with E-state index in [1.807, 2.05) is 17.5 Å². The molecule has 1 heterocycles. The van der Waals surface area contributed by atoms with E-state index < -0.39 is 6.10 Å². The van der Waals surface area contributed by atoms with Crippen LogP contribution in [0, 0.1) is 0 Å². The number of ether oxygens (including phenoxy) is 2. The molecule has 0 aliphatic carbocycles. The van der Waals surface area contributed by atoms with Crippen molar-refractivity contribution >= 4 is 22.4 Å². The number of aromatic nitrogens is 1. The fraction of sp³-hybridized carbons (Fsp3) is 0.333. The molecule has 21 heavy (non-hydrogen) atoms. The number of anilines is 1. The van der Waals surface area contributed by atoms with Crippen LogP contribution in [-0.4, -0.2) is 23.2 Å². The van der Waals surface area contributed by atoms with Gasteiger partial charge in [-0.2, -0.15) is 0 Å². The summed E-state index contributed by atoms with van der Waals surface area (Å²) >= 11 is 1.40. The molecule has 0 fully saturated rings. The number of nitrogen functional groups attached to an aromatic ring is 1. The van der Waals surface area contributed by atoms with E-state index in [-0.39, 0.29) is 12.1 Å². The maximum Gasteiger partial charge on any atom is 0.347 e. The van der Waals surface area contributed by atoms with Crippen molar-refractivity contribution in [3.8, 4) is 17.0 Å². The number of rotatable bonds is 5. The average Bonchev–Trinajstić information content (AvgIpc) is 2.85. The number of hydrogen-bond acceptors (Lipinski definition) is 6. The zero-order chi connectivity index (χ0) is 15.4. The van der Waals surface area contributed by atoms with Gasteiger partial charge in [-0.1, -0.05) is 0 Å². The molecule has 0 aliphatic rings. The lowest BCUT2D eigenvalue weighted by molar-refractivity contribution is -0.154. The zero-order valence-corrected chi connectivity index (χ0v) is 13.0. The van der Waals surface area contributed by atoms with E-state index in [2.05, 4.69) is 4.98 Å². The number of benzene rings is 1. The van der Waals surface area contributed by atoms with Crippen molar-refractivity contribution in [3.63, 3.8) is 0 Å². The molecule has 1 aromatic carbocycles. The minimum absolute atomic E-state index is 0.152. The molecule has 112 valence electrons. The third-order valence-corrected chi connectivity index (χ3v) is 3.34. The Kier molecular flexibility index (Phi) is 4.80. The lowest BCUT2D eigenvalue weighted by atomic mass is 10.2. The van der Waals surface area contributed by atoms with Crippen LogP contribution in [0.2, 0.25) is 0 Å². The molecule has 2 N–H and O–H groups in total. The Morgan fingerprint density at radius 3 is 2.43 bits per heavy atom. The molecule has 2 aromatic rings. The van der Waals surface area contributed by atoms with Crippen LogP contribution in [0.3, 0.4) is 0 Å². The first kappa shape index (κ1) is 15.3. The highest BCUT2D eigenvalue weighted by atomic mass is 32.1. The van der Waals surface area contributed by atoms with Gasteiger partial charge in [-0.05, 0) is 45.0 Å². The second-order valence-corrected chi connectivity index (χ2v) is 5.73. The van der Waals surface area contributed by atoms with E-state index in [4.69, 9.17) is 15.2 Å². The molecule has 1 aromatic heterocycles. The molecule has 5 nitrogen and oxygen atoms in total. The molecule has 0 spiro atoms. The number of hydrogen-bond donors (Lipinski definition) is 1. The quantitative estimate of drug-likeness (QED) is 0.859. The predicted octanol–water partition coefficient (Wildman–Crippen LogP) is 3.11. The summed E-state index contributed by atoms with van der Waals surface area (Å²) in [5.41, 5.74) is 7.40. The largest absolute Gasteiger partial charge is 0.479 e. The standard InChI is InChI=1S/C15H18N2O3S/c1-9(2)19-14(18)10(3)20-12-6-4-11(5-7-12)13-8-21-15(16)17-13/h4-10H,1-3H3,(H2,16,17). The van der Waals surface area contributed by atoms with Gasteiger partial charge in [-0.25, -0.2) is 9.78 Å². The second-order valence-electron chi connectivity index (χ2n) is 4.84. The highest BCUT2D eigenvalue weighted by Gasteiger charge is 2.17. The van der Waals surface area contributed by atoms with Crippen LogP contribution in [0.15, 0.2) is 29.6 Å². The van der Waals surface area contributed by atoms with Gasteiger partial charge in [-0.15, -0.1) is 11.3 Å². The van der Waals surface area contributed by atoms with Gasteiger partial charge in [-0.3, -0.25) is 0 Å². The summed E-state index contributed by atoms with van der Waals surface area (Å²) in [5, 5.41) is 2.43. The molecule has 1 atom stereocenters. The van der Waals surface area contributed by atoms with Gasteiger partial charge in [0.2, 0.25) is 0 Å². The third-order valence-electron chi connectivity index (χ3n) is 2.67. The van der Waals surface area contributed by atoms with Gasteiger partial charge >= 0.3 is 5.97 Å². The van der Waals surface area contributed by atoms with E-state index in [1.165, 1.54) is 11.3 Å². The molecule has 6 heteroatoms.